The van der Waals surface area contributed by atoms with Crippen LogP contribution in [0.5, 0.6) is 0 Å². The van der Waals surface area contributed by atoms with Crippen LogP contribution in [0.3, 0.4) is 0 Å². The largest absolute Gasteiger partial charge is 0.352 e. The van der Waals surface area contributed by atoms with Crippen molar-refractivity contribution < 1.29 is 9.59 Å². The molecule has 3 rings (SSSR count). The zero-order valence-electron chi connectivity index (χ0n) is 16.4. The van der Waals surface area contributed by atoms with E-state index < -0.39 is 6.04 Å². The summed E-state index contributed by atoms with van der Waals surface area (Å²) in [6.45, 7) is 6.52. The molecule has 0 bridgehead atoms. The minimum absolute atomic E-state index is 0.0675. The lowest BCUT2D eigenvalue weighted by atomic mass is 10.0. The van der Waals surface area contributed by atoms with E-state index in [1.54, 1.807) is 6.20 Å². The Morgan fingerprint density at radius 1 is 1.04 bits per heavy atom. The Morgan fingerprint density at radius 2 is 1.75 bits per heavy atom. The maximum Gasteiger partial charge on any atom is 0.249 e. The first-order valence-electron chi connectivity index (χ1n) is 9.70. The third-order valence-electron chi connectivity index (χ3n) is 4.75. The molecule has 7 heteroatoms. The van der Waals surface area contributed by atoms with Gasteiger partial charge in [0, 0.05) is 38.8 Å². The number of carbonyl (C=O) groups excluding carboxylic acids is 2. The first kappa shape index (κ1) is 19.8. The molecule has 2 amide bonds. The summed E-state index contributed by atoms with van der Waals surface area (Å²) in [4.78, 5) is 29.5. The standard InChI is InChI=1S/C21H27N5O2/c1-16(2)15-19(27)23-20(17-7-4-3-5-8-17)21(28)26-13-11-25(12-14-26)18-9-6-10-22-24-18/h3-10,16,20H,11-15H2,1-2H3,(H,23,27). The van der Waals surface area contributed by atoms with Crippen LogP contribution in [0, 0.1) is 5.92 Å². The molecule has 1 fully saturated rings. The van der Waals surface area contributed by atoms with Crippen molar-refractivity contribution in [3.8, 4) is 0 Å². The number of rotatable bonds is 6. The van der Waals surface area contributed by atoms with Crippen LogP contribution in [0.4, 0.5) is 5.82 Å². The molecule has 2 aromatic rings. The Labute approximate surface area is 165 Å². The van der Waals surface area contributed by atoms with Gasteiger partial charge < -0.3 is 15.1 Å². The minimum atomic E-state index is -0.657. The summed E-state index contributed by atoms with van der Waals surface area (Å²) in [5, 5.41) is 11.0. The van der Waals surface area contributed by atoms with Gasteiger partial charge in [0.1, 0.15) is 6.04 Å². The Morgan fingerprint density at radius 3 is 2.36 bits per heavy atom. The van der Waals surface area contributed by atoms with Crippen LogP contribution < -0.4 is 10.2 Å². The van der Waals surface area contributed by atoms with Gasteiger partial charge in [0.25, 0.3) is 0 Å². The highest BCUT2D eigenvalue weighted by Crippen LogP contribution is 2.19. The highest BCUT2D eigenvalue weighted by molar-refractivity contribution is 5.89. The fourth-order valence-electron chi connectivity index (χ4n) is 3.32. The van der Waals surface area contributed by atoms with E-state index in [1.165, 1.54) is 0 Å². The third-order valence-corrected chi connectivity index (χ3v) is 4.75. The average molecular weight is 381 g/mol. The lowest BCUT2D eigenvalue weighted by Gasteiger charge is -2.37. The van der Waals surface area contributed by atoms with Gasteiger partial charge in [0.15, 0.2) is 5.82 Å². The van der Waals surface area contributed by atoms with Crippen molar-refractivity contribution in [1.29, 1.82) is 0 Å². The number of hydrogen-bond donors (Lipinski definition) is 1. The van der Waals surface area contributed by atoms with Gasteiger partial charge in [-0.25, -0.2) is 0 Å². The lowest BCUT2D eigenvalue weighted by Crippen LogP contribution is -2.52. The molecule has 1 aromatic heterocycles. The average Bonchev–Trinajstić information content (AvgIpc) is 2.72. The fraction of sp³-hybridized carbons (Fsp3) is 0.429. The molecule has 0 radical (unpaired) electrons. The van der Waals surface area contributed by atoms with E-state index in [9.17, 15) is 9.59 Å². The highest BCUT2D eigenvalue weighted by Gasteiger charge is 2.30. The Balaban J connectivity index is 1.68. The van der Waals surface area contributed by atoms with Crippen LogP contribution >= 0.6 is 0 Å². The molecule has 1 saturated heterocycles. The van der Waals surface area contributed by atoms with Gasteiger partial charge in [0.2, 0.25) is 11.8 Å². The van der Waals surface area contributed by atoms with E-state index in [1.807, 2.05) is 61.2 Å². The van der Waals surface area contributed by atoms with E-state index in [2.05, 4.69) is 20.4 Å². The van der Waals surface area contributed by atoms with Crippen LogP contribution in [0.15, 0.2) is 48.7 Å². The van der Waals surface area contributed by atoms with Crippen LogP contribution in [0.25, 0.3) is 0 Å². The molecular weight excluding hydrogens is 354 g/mol. The molecule has 0 aliphatic carbocycles. The zero-order chi connectivity index (χ0) is 19.9. The molecule has 1 unspecified atom stereocenters. The summed E-state index contributed by atoms with van der Waals surface area (Å²) >= 11 is 0. The number of piperazine rings is 1. The highest BCUT2D eigenvalue weighted by atomic mass is 16.2. The SMILES string of the molecule is CC(C)CC(=O)NC(C(=O)N1CCN(c2cccnn2)CC1)c1ccccc1. The zero-order valence-corrected chi connectivity index (χ0v) is 16.4. The number of amides is 2. The molecule has 1 N–H and O–H groups in total. The predicted octanol–water partition coefficient (Wildman–Crippen LogP) is 2.03. The second-order valence-corrected chi connectivity index (χ2v) is 7.40. The van der Waals surface area contributed by atoms with Gasteiger partial charge in [-0.15, -0.1) is 5.10 Å². The quantitative estimate of drug-likeness (QED) is 0.828. The number of hydrogen-bond acceptors (Lipinski definition) is 5. The summed E-state index contributed by atoms with van der Waals surface area (Å²) in [5.74, 6) is 0.888. The molecule has 1 aliphatic rings. The molecule has 0 saturated carbocycles. The minimum Gasteiger partial charge on any atom is -0.352 e. The van der Waals surface area contributed by atoms with Crippen LogP contribution in [-0.2, 0) is 9.59 Å². The van der Waals surface area contributed by atoms with E-state index in [4.69, 9.17) is 0 Å². The first-order valence-corrected chi connectivity index (χ1v) is 9.70. The Kier molecular flexibility index (Phi) is 6.57. The van der Waals surface area contributed by atoms with Crippen molar-refractivity contribution in [2.75, 3.05) is 31.1 Å². The summed E-state index contributed by atoms with van der Waals surface area (Å²) in [6.07, 6.45) is 2.05. The normalized spacial score (nSPS) is 15.4. The molecule has 148 valence electrons. The molecule has 0 spiro atoms. The monoisotopic (exact) mass is 381 g/mol. The lowest BCUT2D eigenvalue weighted by molar-refractivity contribution is -0.137. The van der Waals surface area contributed by atoms with Crippen molar-refractivity contribution in [2.24, 2.45) is 5.92 Å². The van der Waals surface area contributed by atoms with E-state index in [0.29, 0.717) is 32.6 Å². The number of anilines is 1. The Hall–Kier alpha value is -2.96. The van der Waals surface area contributed by atoms with Gasteiger partial charge in [-0.3, -0.25) is 9.59 Å². The molecule has 1 atom stereocenters. The number of carbonyl (C=O) groups is 2. The summed E-state index contributed by atoms with van der Waals surface area (Å²) < 4.78 is 0. The van der Waals surface area contributed by atoms with E-state index in [-0.39, 0.29) is 17.7 Å². The van der Waals surface area contributed by atoms with Gasteiger partial charge in [-0.05, 0) is 23.6 Å². The van der Waals surface area contributed by atoms with Gasteiger partial charge in [0.05, 0.1) is 0 Å². The van der Waals surface area contributed by atoms with Crippen molar-refractivity contribution in [3.05, 3.63) is 54.2 Å². The van der Waals surface area contributed by atoms with Gasteiger partial charge in [-0.1, -0.05) is 44.2 Å². The summed E-state index contributed by atoms with van der Waals surface area (Å²) in [5.41, 5.74) is 0.806. The van der Waals surface area contributed by atoms with Crippen LogP contribution in [0.2, 0.25) is 0 Å². The van der Waals surface area contributed by atoms with Crippen molar-refractivity contribution in [2.45, 2.75) is 26.3 Å². The molecule has 2 heterocycles. The maximum absolute atomic E-state index is 13.2. The summed E-state index contributed by atoms with van der Waals surface area (Å²) in [7, 11) is 0. The van der Waals surface area contributed by atoms with Crippen molar-refractivity contribution in [3.63, 3.8) is 0 Å². The topological polar surface area (TPSA) is 78.4 Å². The molecule has 28 heavy (non-hydrogen) atoms. The second-order valence-electron chi connectivity index (χ2n) is 7.40. The summed E-state index contributed by atoms with van der Waals surface area (Å²) in [6, 6.07) is 12.6. The number of nitrogens with zero attached hydrogens (tertiary/aromatic N) is 4. The molecule has 1 aromatic carbocycles. The van der Waals surface area contributed by atoms with Crippen molar-refractivity contribution >= 4 is 17.6 Å². The van der Waals surface area contributed by atoms with E-state index in [0.717, 1.165) is 11.4 Å². The number of benzene rings is 1. The molecular formula is C21H27N5O2. The second kappa shape index (κ2) is 9.30. The molecule has 1 aliphatic heterocycles. The van der Waals surface area contributed by atoms with Gasteiger partial charge >= 0.3 is 0 Å². The van der Waals surface area contributed by atoms with Crippen molar-refractivity contribution in [1.82, 2.24) is 20.4 Å². The number of nitrogens with one attached hydrogen (secondary N) is 1. The van der Waals surface area contributed by atoms with Crippen LogP contribution in [0.1, 0.15) is 31.9 Å². The molecule has 7 nitrogen and oxygen atoms in total. The predicted molar refractivity (Wildman–Crippen MR) is 108 cm³/mol. The van der Waals surface area contributed by atoms with Crippen LogP contribution in [-0.4, -0.2) is 53.1 Å². The first-order chi connectivity index (χ1) is 13.5. The van der Waals surface area contributed by atoms with E-state index >= 15 is 0 Å². The third kappa shape index (κ3) is 5.06. The Bertz CT molecular complexity index is 774. The fourth-order valence-corrected chi connectivity index (χ4v) is 3.32. The smallest absolute Gasteiger partial charge is 0.249 e. The number of aromatic nitrogens is 2. The maximum atomic E-state index is 13.2. The van der Waals surface area contributed by atoms with Gasteiger partial charge in [-0.2, -0.15) is 5.10 Å².